The minimum absolute atomic E-state index is 0.0167. The minimum Gasteiger partial charge on any atom is -0.465 e. The number of carbonyl (C=O) groups is 2. The van der Waals surface area contributed by atoms with Gasteiger partial charge in [0.25, 0.3) is 0 Å². The lowest BCUT2D eigenvalue weighted by atomic mass is 9.95. The van der Waals surface area contributed by atoms with Crippen LogP contribution in [0.3, 0.4) is 0 Å². The number of rotatable bonds is 44. The zero-order valence-electron chi connectivity index (χ0n) is 37.8. The van der Waals surface area contributed by atoms with Crippen LogP contribution in [0.1, 0.15) is 252 Å². The van der Waals surface area contributed by atoms with E-state index in [4.69, 9.17) is 9.47 Å². The summed E-state index contributed by atoms with van der Waals surface area (Å²) in [6.45, 7) is 11.4. The molecule has 2 unspecified atom stereocenters. The molecular formula is C49H97NO5. The highest BCUT2D eigenvalue weighted by atomic mass is 16.5. The summed E-state index contributed by atoms with van der Waals surface area (Å²) in [6.07, 6.45) is 40.9. The van der Waals surface area contributed by atoms with E-state index in [1.807, 2.05) is 0 Å². The Morgan fingerprint density at radius 3 is 1.11 bits per heavy atom. The molecular weight excluding hydrogens is 683 g/mol. The van der Waals surface area contributed by atoms with Crippen molar-refractivity contribution in [1.29, 1.82) is 0 Å². The zero-order chi connectivity index (χ0) is 40.5. The van der Waals surface area contributed by atoms with Crippen LogP contribution in [-0.2, 0) is 19.1 Å². The Kier molecular flexibility index (Phi) is 41.6. The summed E-state index contributed by atoms with van der Waals surface area (Å²) in [5.41, 5.74) is 0. The quantitative estimate of drug-likeness (QED) is 0.0490. The second-order valence-corrected chi connectivity index (χ2v) is 17.3. The van der Waals surface area contributed by atoms with Crippen molar-refractivity contribution in [2.45, 2.75) is 258 Å². The molecule has 0 aromatic heterocycles. The van der Waals surface area contributed by atoms with Gasteiger partial charge in [-0.05, 0) is 76.7 Å². The van der Waals surface area contributed by atoms with E-state index in [0.717, 1.165) is 64.3 Å². The van der Waals surface area contributed by atoms with Crippen molar-refractivity contribution in [2.75, 3.05) is 33.4 Å². The third-order valence-electron chi connectivity index (χ3n) is 12.0. The van der Waals surface area contributed by atoms with Gasteiger partial charge in [-0.1, -0.05) is 182 Å². The van der Waals surface area contributed by atoms with Crippen molar-refractivity contribution in [2.24, 2.45) is 11.8 Å². The van der Waals surface area contributed by atoms with Gasteiger partial charge in [0.15, 0.2) is 0 Å². The summed E-state index contributed by atoms with van der Waals surface area (Å²) in [7, 11) is 2.18. The molecule has 6 nitrogen and oxygen atoms in total. The molecule has 0 heterocycles. The molecule has 328 valence electrons. The number of unbranched alkanes of at least 4 members (excludes halogenated alkanes) is 20. The van der Waals surface area contributed by atoms with Gasteiger partial charge in [0.1, 0.15) is 0 Å². The lowest BCUT2D eigenvalue weighted by Gasteiger charge is -2.28. The van der Waals surface area contributed by atoms with Crippen molar-refractivity contribution in [3.05, 3.63) is 0 Å². The van der Waals surface area contributed by atoms with E-state index in [0.29, 0.717) is 43.9 Å². The standard InChI is InChI=1S/C49H97NO5/c1-6-10-14-18-20-26-35-45(33-24-16-12-8-3)43-54-48(52)39-30-22-28-37-47(50(5)41-32-42-51)38-29-23-31-40-49(53)55-44-46(34-25-17-13-9-4)36-27-21-19-15-11-7-2/h45-47,51H,6-44H2,1-5H3. The average Bonchev–Trinajstić information content (AvgIpc) is 3.19. The molecule has 0 aliphatic rings. The number of nitrogens with zero attached hydrogens (tertiary/aromatic N) is 1. The fourth-order valence-electron chi connectivity index (χ4n) is 8.07. The molecule has 0 radical (unpaired) electrons. The highest BCUT2D eigenvalue weighted by Gasteiger charge is 2.17. The maximum atomic E-state index is 12.7. The predicted molar refractivity (Wildman–Crippen MR) is 237 cm³/mol. The average molecular weight is 780 g/mol. The third-order valence-corrected chi connectivity index (χ3v) is 12.0. The molecule has 2 atom stereocenters. The van der Waals surface area contributed by atoms with Crippen LogP contribution in [0.2, 0.25) is 0 Å². The van der Waals surface area contributed by atoms with Gasteiger partial charge < -0.3 is 19.5 Å². The van der Waals surface area contributed by atoms with Gasteiger partial charge in [0.05, 0.1) is 13.2 Å². The number of aliphatic hydroxyl groups is 1. The summed E-state index contributed by atoms with van der Waals surface area (Å²) in [6, 6.07) is 0.469. The molecule has 6 heteroatoms. The Morgan fingerprint density at radius 1 is 0.436 bits per heavy atom. The molecule has 1 N–H and O–H groups in total. The van der Waals surface area contributed by atoms with Gasteiger partial charge in [-0.2, -0.15) is 0 Å². The summed E-state index contributed by atoms with van der Waals surface area (Å²) in [5, 5.41) is 9.43. The van der Waals surface area contributed by atoms with Gasteiger partial charge in [-0.3, -0.25) is 9.59 Å². The topological polar surface area (TPSA) is 76.1 Å². The van der Waals surface area contributed by atoms with Crippen LogP contribution >= 0.6 is 0 Å². The van der Waals surface area contributed by atoms with E-state index >= 15 is 0 Å². The van der Waals surface area contributed by atoms with Crippen molar-refractivity contribution in [1.82, 2.24) is 4.90 Å². The van der Waals surface area contributed by atoms with Crippen LogP contribution in [0.4, 0.5) is 0 Å². The maximum absolute atomic E-state index is 12.7. The summed E-state index contributed by atoms with van der Waals surface area (Å²) < 4.78 is 11.7. The molecule has 0 fully saturated rings. The van der Waals surface area contributed by atoms with E-state index in [1.165, 1.54) is 154 Å². The minimum atomic E-state index is -0.0167. The van der Waals surface area contributed by atoms with Gasteiger partial charge >= 0.3 is 11.9 Å². The van der Waals surface area contributed by atoms with Crippen molar-refractivity contribution < 1.29 is 24.2 Å². The highest BCUT2D eigenvalue weighted by molar-refractivity contribution is 5.69. The third kappa shape index (κ3) is 36.9. The lowest BCUT2D eigenvalue weighted by molar-refractivity contribution is -0.146. The molecule has 0 aromatic carbocycles. The summed E-state index contributed by atoms with van der Waals surface area (Å²) in [5.74, 6) is 1.00. The predicted octanol–water partition coefficient (Wildman–Crippen LogP) is 14.3. The number of hydrogen-bond acceptors (Lipinski definition) is 6. The number of carbonyl (C=O) groups excluding carboxylic acids is 2. The first kappa shape index (κ1) is 53.9. The van der Waals surface area contributed by atoms with Crippen LogP contribution in [0.5, 0.6) is 0 Å². The molecule has 0 spiro atoms. The van der Waals surface area contributed by atoms with Crippen molar-refractivity contribution in [3.8, 4) is 0 Å². The number of aliphatic hydroxyl groups excluding tert-OH is 1. The molecule has 0 bridgehead atoms. The number of esters is 2. The first-order chi connectivity index (χ1) is 26.9. The SMILES string of the molecule is CCCCCCCCC(CCCCCC)COC(=O)CCCCCC(CCCCCC(=O)OCC(CCCCCC)CCCCCCCC)N(C)CCCO. The van der Waals surface area contributed by atoms with Gasteiger partial charge in [-0.15, -0.1) is 0 Å². The van der Waals surface area contributed by atoms with E-state index in [-0.39, 0.29) is 18.5 Å². The second-order valence-electron chi connectivity index (χ2n) is 17.3. The molecule has 0 rings (SSSR count). The number of ether oxygens (including phenoxy) is 2. The van der Waals surface area contributed by atoms with Gasteiger partial charge in [0.2, 0.25) is 0 Å². The van der Waals surface area contributed by atoms with E-state index in [9.17, 15) is 14.7 Å². The van der Waals surface area contributed by atoms with E-state index < -0.39 is 0 Å². The van der Waals surface area contributed by atoms with Crippen LogP contribution < -0.4 is 0 Å². The molecule has 0 aliphatic carbocycles. The Hall–Kier alpha value is -1.14. The molecule has 0 saturated carbocycles. The highest BCUT2D eigenvalue weighted by Crippen LogP contribution is 2.22. The smallest absolute Gasteiger partial charge is 0.305 e. The largest absolute Gasteiger partial charge is 0.465 e. The normalized spacial score (nSPS) is 13.3. The van der Waals surface area contributed by atoms with Crippen molar-refractivity contribution in [3.63, 3.8) is 0 Å². The van der Waals surface area contributed by atoms with E-state index in [2.05, 4.69) is 39.6 Å². The van der Waals surface area contributed by atoms with Crippen LogP contribution in [0.15, 0.2) is 0 Å². The van der Waals surface area contributed by atoms with Gasteiger partial charge in [-0.25, -0.2) is 0 Å². The monoisotopic (exact) mass is 780 g/mol. The maximum Gasteiger partial charge on any atom is 0.305 e. The Labute approximate surface area is 343 Å². The Balaban J connectivity index is 4.50. The molecule has 0 aromatic rings. The van der Waals surface area contributed by atoms with E-state index in [1.54, 1.807) is 0 Å². The summed E-state index contributed by atoms with van der Waals surface area (Å²) >= 11 is 0. The lowest BCUT2D eigenvalue weighted by Crippen LogP contribution is -2.33. The molecule has 0 saturated heterocycles. The van der Waals surface area contributed by atoms with Crippen LogP contribution in [0.25, 0.3) is 0 Å². The zero-order valence-corrected chi connectivity index (χ0v) is 37.8. The second kappa shape index (κ2) is 42.5. The molecule has 0 aliphatic heterocycles. The van der Waals surface area contributed by atoms with Crippen LogP contribution in [-0.4, -0.2) is 61.4 Å². The Morgan fingerprint density at radius 2 is 0.745 bits per heavy atom. The molecule has 0 amide bonds. The molecule has 55 heavy (non-hydrogen) atoms. The van der Waals surface area contributed by atoms with Crippen molar-refractivity contribution >= 4 is 11.9 Å². The first-order valence-corrected chi connectivity index (χ1v) is 24.5. The first-order valence-electron chi connectivity index (χ1n) is 24.5. The number of hydrogen-bond donors (Lipinski definition) is 1. The van der Waals surface area contributed by atoms with Crippen LogP contribution in [0, 0.1) is 11.8 Å². The van der Waals surface area contributed by atoms with Gasteiger partial charge in [0, 0.05) is 32.0 Å². The fraction of sp³-hybridized carbons (Fsp3) is 0.959. The summed E-state index contributed by atoms with van der Waals surface area (Å²) in [4.78, 5) is 27.8. The Bertz CT molecular complexity index is 748. The fourth-order valence-corrected chi connectivity index (χ4v) is 8.07.